The first kappa shape index (κ1) is 31.9. The van der Waals surface area contributed by atoms with Gasteiger partial charge in [-0.3, -0.25) is 13.9 Å². The highest BCUT2D eigenvalue weighted by Crippen LogP contribution is 2.33. The van der Waals surface area contributed by atoms with E-state index in [0.717, 1.165) is 53.1 Å². The van der Waals surface area contributed by atoms with Gasteiger partial charge in [0.15, 0.2) is 0 Å². The zero-order chi connectivity index (χ0) is 30.4. The van der Waals surface area contributed by atoms with Crippen LogP contribution >= 0.6 is 23.2 Å². The summed E-state index contributed by atoms with van der Waals surface area (Å²) in [4.78, 5) is 29.1. The fraction of sp³-hybridized carbons (Fsp3) is 0.375. The quantitative estimate of drug-likeness (QED) is 0.271. The molecule has 1 N–H and O–H groups in total. The Kier molecular flexibility index (Phi) is 10.6. The van der Waals surface area contributed by atoms with Gasteiger partial charge in [-0.25, -0.2) is 8.42 Å². The van der Waals surface area contributed by atoms with Gasteiger partial charge in [-0.1, -0.05) is 84.4 Å². The van der Waals surface area contributed by atoms with E-state index in [0.29, 0.717) is 0 Å². The van der Waals surface area contributed by atoms with Gasteiger partial charge in [0, 0.05) is 17.6 Å². The average molecular weight is 631 g/mol. The van der Waals surface area contributed by atoms with Crippen LogP contribution in [0, 0.1) is 13.8 Å². The molecule has 0 saturated heterocycles. The van der Waals surface area contributed by atoms with E-state index in [1.807, 2.05) is 38.1 Å². The van der Waals surface area contributed by atoms with Crippen LogP contribution in [0.25, 0.3) is 0 Å². The Labute approximate surface area is 258 Å². The maximum absolute atomic E-state index is 14.2. The molecule has 0 radical (unpaired) electrons. The lowest BCUT2D eigenvalue weighted by Crippen LogP contribution is -2.53. The molecule has 4 rings (SSSR count). The number of nitrogens with one attached hydrogen (secondary N) is 1. The number of benzene rings is 3. The molecule has 0 bridgehead atoms. The molecule has 3 aromatic carbocycles. The Hall–Kier alpha value is -3.07. The zero-order valence-corrected chi connectivity index (χ0v) is 26.5. The fourth-order valence-electron chi connectivity index (χ4n) is 5.15. The lowest BCUT2D eigenvalue weighted by atomic mass is 9.95. The van der Waals surface area contributed by atoms with E-state index < -0.39 is 28.5 Å². The van der Waals surface area contributed by atoms with Crippen LogP contribution in [0.5, 0.6) is 0 Å². The van der Waals surface area contributed by atoms with E-state index in [4.69, 9.17) is 23.2 Å². The summed E-state index contributed by atoms with van der Waals surface area (Å²) in [6.45, 7) is 5.02. The summed E-state index contributed by atoms with van der Waals surface area (Å²) < 4.78 is 29.0. The minimum atomic E-state index is -4.25. The Bertz CT molecular complexity index is 1520. The Morgan fingerprint density at radius 3 is 2.29 bits per heavy atom. The van der Waals surface area contributed by atoms with Crippen molar-refractivity contribution in [1.29, 1.82) is 0 Å². The SMILES string of the molecule is Cc1ccc(S(=O)(=O)N(CC(=O)N(Cc2ccccc2C)[C@H](C)C(=O)NC2CCCCC2)c2cc(Cl)ccc2Cl)cc1. The van der Waals surface area contributed by atoms with Crippen LogP contribution in [0.3, 0.4) is 0 Å². The summed E-state index contributed by atoms with van der Waals surface area (Å²) in [6.07, 6.45) is 5.06. The maximum atomic E-state index is 14.2. The smallest absolute Gasteiger partial charge is 0.264 e. The normalized spacial score (nSPS) is 14.7. The largest absolute Gasteiger partial charge is 0.352 e. The van der Waals surface area contributed by atoms with Gasteiger partial charge in [0.25, 0.3) is 10.0 Å². The van der Waals surface area contributed by atoms with E-state index in [2.05, 4.69) is 5.32 Å². The summed E-state index contributed by atoms with van der Waals surface area (Å²) in [6, 6.07) is 17.7. The minimum absolute atomic E-state index is 0.00508. The van der Waals surface area contributed by atoms with Crippen molar-refractivity contribution in [3.63, 3.8) is 0 Å². The summed E-state index contributed by atoms with van der Waals surface area (Å²) in [7, 11) is -4.25. The molecule has 0 spiro atoms. The van der Waals surface area contributed by atoms with Crippen molar-refractivity contribution in [2.45, 2.75) is 76.4 Å². The molecule has 42 heavy (non-hydrogen) atoms. The van der Waals surface area contributed by atoms with E-state index in [1.165, 1.54) is 29.2 Å². The number of rotatable bonds is 10. The van der Waals surface area contributed by atoms with E-state index in [-0.39, 0.29) is 39.1 Å². The van der Waals surface area contributed by atoms with Gasteiger partial charge in [0.2, 0.25) is 11.8 Å². The number of aryl methyl sites for hydroxylation is 2. The third-order valence-electron chi connectivity index (χ3n) is 7.79. The Balaban J connectivity index is 1.72. The number of sulfonamides is 1. The summed E-state index contributed by atoms with van der Waals surface area (Å²) >= 11 is 12.7. The Morgan fingerprint density at radius 1 is 0.952 bits per heavy atom. The van der Waals surface area contributed by atoms with Crippen LogP contribution in [0.2, 0.25) is 10.0 Å². The number of carbonyl (C=O) groups excluding carboxylic acids is 2. The van der Waals surface area contributed by atoms with Crippen LogP contribution in [-0.4, -0.2) is 43.8 Å². The van der Waals surface area contributed by atoms with Crippen molar-refractivity contribution in [2.75, 3.05) is 10.8 Å². The van der Waals surface area contributed by atoms with E-state index in [1.54, 1.807) is 25.1 Å². The lowest BCUT2D eigenvalue weighted by molar-refractivity contribution is -0.139. The van der Waals surface area contributed by atoms with Gasteiger partial charge in [0.1, 0.15) is 12.6 Å². The number of amides is 2. The van der Waals surface area contributed by atoms with Crippen LogP contribution in [0.15, 0.2) is 71.6 Å². The monoisotopic (exact) mass is 629 g/mol. The van der Waals surface area contributed by atoms with Crippen LogP contribution in [-0.2, 0) is 26.2 Å². The van der Waals surface area contributed by atoms with Crippen molar-refractivity contribution < 1.29 is 18.0 Å². The maximum Gasteiger partial charge on any atom is 0.264 e. The van der Waals surface area contributed by atoms with Gasteiger partial charge < -0.3 is 10.2 Å². The first-order valence-electron chi connectivity index (χ1n) is 14.2. The number of halogens is 2. The molecule has 0 aromatic heterocycles. The van der Waals surface area contributed by atoms with E-state index in [9.17, 15) is 18.0 Å². The highest BCUT2D eigenvalue weighted by atomic mass is 35.5. The summed E-state index contributed by atoms with van der Waals surface area (Å²) in [5.41, 5.74) is 2.78. The predicted octanol–water partition coefficient (Wildman–Crippen LogP) is 6.67. The second-order valence-corrected chi connectivity index (χ2v) is 13.6. The first-order valence-corrected chi connectivity index (χ1v) is 16.4. The second-order valence-electron chi connectivity index (χ2n) is 10.9. The molecule has 1 aliphatic rings. The van der Waals surface area contributed by atoms with Gasteiger partial charge in [-0.2, -0.15) is 0 Å². The number of hydrogen-bond donors (Lipinski definition) is 1. The first-order chi connectivity index (χ1) is 20.0. The van der Waals surface area contributed by atoms with Gasteiger partial charge in [-0.15, -0.1) is 0 Å². The van der Waals surface area contributed by atoms with Crippen LogP contribution in [0.4, 0.5) is 5.69 Å². The van der Waals surface area contributed by atoms with Gasteiger partial charge in [0.05, 0.1) is 15.6 Å². The number of carbonyl (C=O) groups is 2. The van der Waals surface area contributed by atoms with Crippen LogP contribution < -0.4 is 9.62 Å². The molecular weight excluding hydrogens is 593 g/mol. The lowest BCUT2D eigenvalue weighted by Gasteiger charge is -2.33. The number of hydrogen-bond acceptors (Lipinski definition) is 4. The third-order valence-corrected chi connectivity index (χ3v) is 10.1. The average Bonchev–Trinajstić information content (AvgIpc) is 2.97. The molecule has 1 fully saturated rings. The molecule has 1 aliphatic carbocycles. The predicted molar refractivity (Wildman–Crippen MR) is 168 cm³/mol. The second kappa shape index (κ2) is 13.9. The molecule has 224 valence electrons. The molecule has 1 atom stereocenters. The molecule has 3 aromatic rings. The number of anilines is 1. The zero-order valence-electron chi connectivity index (χ0n) is 24.1. The molecule has 10 heteroatoms. The highest BCUT2D eigenvalue weighted by Gasteiger charge is 2.34. The van der Waals surface area contributed by atoms with Gasteiger partial charge in [-0.05, 0) is 75.1 Å². The molecule has 0 unspecified atom stereocenters. The van der Waals surface area contributed by atoms with Crippen molar-refractivity contribution in [1.82, 2.24) is 10.2 Å². The van der Waals surface area contributed by atoms with Crippen molar-refractivity contribution in [3.8, 4) is 0 Å². The van der Waals surface area contributed by atoms with Crippen LogP contribution in [0.1, 0.15) is 55.7 Å². The fourth-order valence-corrected chi connectivity index (χ4v) is 7.01. The van der Waals surface area contributed by atoms with Crippen molar-refractivity contribution in [2.24, 2.45) is 0 Å². The molecule has 2 amide bonds. The van der Waals surface area contributed by atoms with E-state index >= 15 is 0 Å². The summed E-state index contributed by atoms with van der Waals surface area (Å²) in [5.74, 6) is -0.811. The molecule has 0 heterocycles. The van der Waals surface area contributed by atoms with Crippen molar-refractivity contribution in [3.05, 3.63) is 93.5 Å². The molecule has 1 saturated carbocycles. The molecule has 0 aliphatic heterocycles. The minimum Gasteiger partial charge on any atom is -0.352 e. The topological polar surface area (TPSA) is 86.8 Å². The molecule has 7 nitrogen and oxygen atoms in total. The highest BCUT2D eigenvalue weighted by molar-refractivity contribution is 7.92. The van der Waals surface area contributed by atoms with Crippen molar-refractivity contribution >= 4 is 50.7 Å². The molecular formula is C32H37Cl2N3O4S. The Morgan fingerprint density at radius 2 is 1.62 bits per heavy atom. The number of nitrogens with zero attached hydrogens (tertiary/aromatic N) is 2. The summed E-state index contributed by atoms with van der Waals surface area (Å²) in [5, 5.41) is 3.50. The standard InChI is InChI=1S/C32H37Cl2N3O4S/c1-22-13-16-28(17-14-22)42(40,41)37(30-19-26(33)15-18-29(30)34)21-31(38)36(20-25-10-8-7-9-23(25)2)24(3)32(39)35-27-11-5-4-6-12-27/h7-10,13-19,24,27H,4-6,11-12,20-21H2,1-3H3,(H,35,39)/t24-/m1/s1. The third kappa shape index (κ3) is 7.65. The van der Waals surface area contributed by atoms with Gasteiger partial charge >= 0.3 is 0 Å².